The van der Waals surface area contributed by atoms with Crippen molar-refractivity contribution in [2.24, 2.45) is 4.48 Å². The molecule has 0 aliphatic carbocycles. The number of hydrogen-bond acceptors (Lipinski definition) is 1. The fourth-order valence-electron chi connectivity index (χ4n) is 0. The Morgan fingerprint density at radius 2 is 1.75 bits per heavy atom. The number of halogens is 1. The van der Waals surface area contributed by atoms with Gasteiger partial charge in [-0.1, -0.05) is 0 Å². The summed E-state index contributed by atoms with van der Waals surface area (Å²) in [7, 11) is 0. The van der Waals surface area contributed by atoms with E-state index < -0.39 is 17.3 Å². The molecule has 0 aromatic carbocycles. The van der Waals surface area contributed by atoms with Crippen LogP contribution in [0.4, 0.5) is 0 Å². The van der Waals surface area contributed by atoms with Gasteiger partial charge in [0, 0.05) is 0 Å². The van der Waals surface area contributed by atoms with E-state index in [-0.39, 0.29) is 12.4 Å². The van der Waals surface area contributed by atoms with Gasteiger partial charge in [-0.2, -0.15) is 0 Å². The van der Waals surface area contributed by atoms with E-state index in [0.717, 1.165) is 0 Å². The van der Waals surface area contributed by atoms with E-state index in [1.54, 1.807) is 0 Å². The van der Waals surface area contributed by atoms with Gasteiger partial charge in [0.1, 0.15) is 0 Å². The molecule has 0 bridgehead atoms. The van der Waals surface area contributed by atoms with Crippen molar-refractivity contribution in [3.05, 3.63) is 0 Å². The molecule has 0 fully saturated rings. The molecule has 0 aliphatic heterocycles. The van der Waals surface area contributed by atoms with E-state index in [1.807, 2.05) is 0 Å². The molecule has 0 radical (unpaired) electrons. The Bertz CT molecular complexity index is 15.5. The van der Waals surface area contributed by atoms with Crippen LogP contribution in [0.5, 0.6) is 0 Å². The van der Waals surface area contributed by atoms with Gasteiger partial charge in [-0.15, -0.1) is 12.4 Å². The van der Waals surface area contributed by atoms with Crippen molar-refractivity contribution in [1.29, 1.82) is 0 Å². The third-order valence-electron chi connectivity index (χ3n) is 0. The maximum absolute atomic E-state index is 8.90. The Hall–Kier alpha value is 0.673. The maximum atomic E-state index is 8.90. The van der Waals surface area contributed by atoms with Crippen LogP contribution in [-0.2, 0) is 20.9 Å². The van der Waals surface area contributed by atoms with Crippen LogP contribution in [-0.4, -0.2) is 0 Å². The molecule has 0 heterocycles. The van der Waals surface area contributed by atoms with E-state index in [2.05, 4.69) is 4.48 Å². The topological polar surface area (TPSA) is 43.1 Å². The molecule has 0 rings (SSSR count). The molecular weight excluding hydrogens is 131 g/mol. The van der Waals surface area contributed by atoms with Crippen LogP contribution in [0.15, 0.2) is 0 Å². The Labute approximate surface area is 38.3 Å². The van der Waals surface area contributed by atoms with Gasteiger partial charge in [0.05, 0.1) is 0 Å². The molecule has 23 valence electrons. The van der Waals surface area contributed by atoms with E-state index in [4.69, 9.17) is 3.57 Å². The normalized spacial score (nSPS) is 2.25. The zero-order valence-electron chi connectivity index (χ0n) is 2.10. The van der Waals surface area contributed by atoms with Crippen molar-refractivity contribution < 1.29 is 20.9 Å². The molecule has 2 N–H and O–H groups in total. The summed E-state index contributed by atoms with van der Waals surface area (Å²) in [5.41, 5.74) is 0. The van der Waals surface area contributed by atoms with Crippen LogP contribution >= 0.6 is 12.4 Å². The molecule has 4 heavy (non-hydrogen) atoms. The van der Waals surface area contributed by atoms with E-state index in [9.17, 15) is 0 Å². The average Bonchev–Trinajstić information content (AvgIpc) is 0.918. The first-order valence-corrected chi connectivity index (χ1v) is 3.62. The zero-order valence-corrected chi connectivity index (χ0v) is 5.88. The summed E-state index contributed by atoms with van der Waals surface area (Å²) in [6.45, 7) is 0. The zero-order chi connectivity index (χ0) is 2.71. The van der Waals surface area contributed by atoms with Crippen molar-refractivity contribution in [2.45, 2.75) is 0 Å². The minimum absolute atomic E-state index is 0. The van der Waals surface area contributed by atoms with Crippen LogP contribution in [0.3, 0.4) is 0 Å². The second kappa shape index (κ2) is 9.38. The predicted molar refractivity (Wildman–Crippen MR) is 12.1 cm³/mol. The van der Waals surface area contributed by atoms with Crippen molar-refractivity contribution in [1.82, 2.24) is 0 Å². The summed E-state index contributed by atoms with van der Waals surface area (Å²) >= 11 is -1.62. The summed E-state index contributed by atoms with van der Waals surface area (Å²) in [6, 6.07) is 0. The number of hydrogen-bond donors (Lipinski definition) is 1. The van der Waals surface area contributed by atoms with Crippen molar-refractivity contribution >= 4 is 12.4 Å². The standard InChI is InChI=1S/ClH.H2N.O.Zn/h1H;1H2;;/q;-1;;+1. The number of nitrogens with two attached hydrogens (primary N) is 1. The molecule has 0 spiro atoms. The molecule has 0 saturated heterocycles. The van der Waals surface area contributed by atoms with Gasteiger partial charge in [0.2, 0.25) is 0 Å². The summed E-state index contributed by atoms with van der Waals surface area (Å²) < 4.78 is 13.4. The molecule has 0 saturated carbocycles. The SMILES string of the molecule is Cl.[NH2][Zn]=[O]. The van der Waals surface area contributed by atoms with E-state index >= 15 is 0 Å². The van der Waals surface area contributed by atoms with Gasteiger partial charge in [0.25, 0.3) is 0 Å². The molecule has 0 aliphatic rings. The molecule has 0 aromatic rings. The molecular formula is H3ClNOZn. The van der Waals surface area contributed by atoms with Gasteiger partial charge in [0.15, 0.2) is 0 Å². The Morgan fingerprint density at radius 3 is 1.75 bits per heavy atom. The monoisotopic (exact) mass is 132 g/mol. The van der Waals surface area contributed by atoms with Gasteiger partial charge in [-0.25, -0.2) is 0 Å². The van der Waals surface area contributed by atoms with Crippen molar-refractivity contribution in [2.75, 3.05) is 0 Å². The fourth-order valence-corrected chi connectivity index (χ4v) is 0. The van der Waals surface area contributed by atoms with E-state index in [1.165, 1.54) is 0 Å². The Kier molecular flexibility index (Phi) is 20.7. The van der Waals surface area contributed by atoms with Crippen LogP contribution in [0.1, 0.15) is 0 Å². The molecule has 0 amide bonds. The van der Waals surface area contributed by atoms with Crippen LogP contribution in [0, 0.1) is 0 Å². The molecule has 0 unspecified atom stereocenters. The quantitative estimate of drug-likeness (QED) is 0.462. The van der Waals surface area contributed by atoms with Gasteiger partial charge >= 0.3 is 25.4 Å². The summed E-state index contributed by atoms with van der Waals surface area (Å²) in [4.78, 5) is 0. The Morgan fingerprint density at radius 1 is 1.75 bits per heavy atom. The minimum atomic E-state index is -1.62. The van der Waals surface area contributed by atoms with Crippen molar-refractivity contribution in [3.8, 4) is 0 Å². The summed E-state index contributed by atoms with van der Waals surface area (Å²) in [5.74, 6) is 0. The van der Waals surface area contributed by atoms with Crippen LogP contribution < -0.4 is 4.48 Å². The van der Waals surface area contributed by atoms with Crippen LogP contribution in [0.2, 0.25) is 0 Å². The molecule has 0 atom stereocenters. The van der Waals surface area contributed by atoms with E-state index in [0.29, 0.717) is 0 Å². The second-order valence-electron chi connectivity index (χ2n) is 0.167. The van der Waals surface area contributed by atoms with Crippen LogP contribution in [0.25, 0.3) is 0 Å². The molecule has 4 heteroatoms. The third-order valence-corrected chi connectivity index (χ3v) is 0. The first kappa shape index (κ1) is 8.82. The fraction of sp³-hybridized carbons (Fsp3) is 0. The van der Waals surface area contributed by atoms with Gasteiger partial charge in [-0.3, -0.25) is 0 Å². The predicted octanol–water partition coefficient (Wildman–Crippen LogP) is -0.290. The van der Waals surface area contributed by atoms with Gasteiger partial charge in [-0.05, 0) is 0 Å². The van der Waals surface area contributed by atoms with Crippen molar-refractivity contribution in [3.63, 3.8) is 0 Å². The average molecular weight is 134 g/mol. The Balaban J connectivity index is 0. The first-order chi connectivity index (χ1) is 1.41. The second-order valence-corrected chi connectivity index (χ2v) is 0.866. The summed E-state index contributed by atoms with van der Waals surface area (Å²) in [5, 5.41) is 0. The van der Waals surface area contributed by atoms with Gasteiger partial charge < -0.3 is 0 Å². The third kappa shape index (κ3) is 16.5. The first-order valence-electron chi connectivity index (χ1n) is 0.697. The molecule has 0 aromatic heterocycles. The summed E-state index contributed by atoms with van der Waals surface area (Å²) in [6.07, 6.45) is 0. The number of rotatable bonds is 0. The molecule has 2 nitrogen and oxygen atoms in total.